The highest BCUT2D eigenvalue weighted by molar-refractivity contribution is 7.89. The van der Waals surface area contributed by atoms with Crippen LogP contribution in [-0.4, -0.2) is 58.5 Å². The average molecular weight is 537 g/mol. The maximum Gasteiger partial charge on any atom is 0.212 e. The smallest absolute Gasteiger partial charge is 0.212 e. The van der Waals surface area contributed by atoms with Gasteiger partial charge in [0.05, 0.1) is 11.8 Å². The molecule has 0 aliphatic heterocycles. The second-order valence-corrected chi connectivity index (χ2v) is 11.5. The van der Waals surface area contributed by atoms with Gasteiger partial charge in [0.2, 0.25) is 10.0 Å². The molecule has 0 fully saturated rings. The van der Waals surface area contributed by atoms with E-state index in [1.165, 1.54) is 16.5 Å². The number of nitrogens with zero attached hydrogens (tertiary/aromatic N) is 4. The molecular weight excluding hydrogens is 496 g/mol. The predicted molar refractivity (Wildman–Crippen MR) is 154 cm³/mol. The summed E-state index contributed by atoms with van der Waals surface area (Å²) in [4.78, 5) is 7.00. The van der Waals surface area contributed by atoms with Crippen LogP contribution in [0.2, 0.25) is 0 Å². The van der Waals surface area contributed by atoms with Crippen molar-refractivity contribution >= 4 is 20.9 Å². The number of rotatable bonds is 15. The molecule has 0 saturated heterocycles. The third-order valence-corrected chi connectivity index (χ3v) is 8.57. The van der Waals surface area contributed by atoms with E-state index < -0.39 is 16.1 Å². The minimum absolute atomic E-state index is 0.0825. The van der Waals surface area contributed by atoms with Gasteiger partial charge < -0.3 is 9.47 Å². The van der Waals surface area contributed by atoms with E-state index >= 15 is 0 Å². The lowest BCUT2D eigenvalue weighted by Crippen LogP contribution is -2.33. The van der Waals surface area contributed by atoms with Gasteiger partial charge in [0.1, 0.15) is 5.82 Å². The molecule has 2 aromatic heterocycles. The maximum absolute atomic E-state index is 13.1. The van der Waals surface area contributed by atoms with Crippen LogP contribution in [0.15, 0.2) is 60.8 Å². The van der Waals surface area contributed by atoms with E-state index in [4.69, 9.17) is 4.98 Å². The monoisotopic (exact) mass is 536 g/mol. The molecule has 2 heterocycles. The molecule has 8 nitrogen and oxygen atoms in total. The topological polar surface area (TPSA) is 95.9 Å². The van der Waals surface area contributed by atoms with Crippen LogP contribution in [0.4, 0.5) is 0 Å². The number of aryl methyl sites for hydroxylation is 2. The van der Waals surface area contributed by atoms with Crippen molar-refractivity contribution in [2.75, 3.05) is 25.4 Å². The Bertz CT molecular complexity index is 1390. The highest BCUT2D eigenvalue weighted by Gasteiger charge is 2.24. The Morgan fingerprint density at radius 2 is 1.76 bits per heavy atom. The molecular formula is C29H40N6O2S. The van der Waals surface area contributed by atoms with Crippen molar-refractivity contribution in [1.29, 1.82) is 0 Å². The first-order valence-corrected chi connectivity index (χ1v) is 15.3. The fourth-order valence-corrected chi connectivity index (χ4v) is 6.22. The zero-order chi connectivity index (χ0) is 27.0. The van der Waals surface area contributed by atoms with Gasteiger partial charge in [-0.25, -0.2) is 18.1 Å². The van der Waals surface area contributed by atoms with Gasteiger partial charge in [-0.15, -0.1) is 0 Å². The highest BCUT2D eigenvalue weighted by Crippen LogP contribution is 2.24. The minimum Gasteiger partial charge on any atom is -0.347 e. The first-order chi connectivity index (χ1) is 18.4. The van der Waals surface area contributed by atoms with Crippen LogP contribution in [0.1, 0.15) is 62.4 Å². The van der Waals surface area contributed by atoms with Gasteiger partial charge in [-0.2, -0.15) is 5.10 Å². The Morgan fingerprint density at radius 1 is 1.03 bits per heavy atom. The van der Waals surface area contributed by atoms with Crippen LogP contribution in [0.3, 0.4) is 0 Å². The van der Waals surface area contributed by atoms with Crippen molar-refractivity contribution in [2.24, 2.45) is 0 Å². The Balaban J connectivity index is 1.50. The molecule has 0 bridgehead atoms. The van der Waals surface area contributed by atoms with Gasteiger partial charge in [-0.1, -0.05) is 62.4 Å². The molecule has 0 saturated carbocycles. The molecule has 0 aliphatic rings. The first kappa shape index (κ1) is 28.0. The summed E-state index contributed by atoms with van der Waals surface area (Å²) in [7, 11) is -3.50. The molecule has 204 valence electrons. The van der Waals surface area contributed by atoms with E-state index in [0.29, 0.717) is 25.1 Å². The van der Waals surface area contributed by atoms with E-state index in [9.17, 15) is 8.42 Å². The Kier molecular flexibility index (Phi) is 9.71. The summed E-state index contributed by atoms with van der Waals surface area (Å²) in [6.07, 6.45) is 4.65. The van der Waals surface area contributed by atoms with Crippen molar-refractivity contribution in [2.45, 2.75) is 59.0 Å². The van der Waals surface area contributed by atoms with E-state index in [2.05, 4.69) is 81.7 Å². The summed E-state index contributed by atoms with van der Waals surface area (Å²) < 4.78 is 31.3. The highest BCUT2D eigenvalue weighted by atomic mass is 32.2. The van der Waals surface area contributed by atoms with Crippen LogP contribution < -0.4 is 4.72 Å². The number of fused-ring (bicyclic) bond motifs is 1. The predicted octanol–water partition coefficient (Wildman–Crippen LogP) is 4.70. The Morgan fingerprint density at radius 3 is 2.50 bits per heavy atom. The molecule has 2 aromatic carbocycles. The standard InChI is InChI=1S/C29H40N6O2S/c1-4-34(5-2)19-12-20-38(36,37)33-26(18-17-23-13-8-7-9-14-23)29-30-28(31-32-29)21-24-22-35(6-3)27-16-11-10-15-25(24)27/h7-11,13-16,22,26,33H,4-6,12,17-21H2,1-3H3,(H,30,31,32)/t26-/m1/s1. The zero-order valence-corrected chi connectivity index (χ0v) is 23.5. The second kappa shape index (κ2) is 13.2. The lowest BCUT2D eigenvalue weighted by molar-refractivity contribution is 0.304. The molecule has 0 aliphatic carbocycles. The molecule has 4 aromatic rings. The van der Waals surface area contributed by atoms with Gasteiger partial charge in [-0.3, -0.25) is 5.10 Å². The SMILES string of the molecule is CCN(CC)CCCS(=O)(=O)N[C@H](CCc1ccccc1)c1n[nH]c(Cc2cn(CC)c3ccccc23)n1. The van der Waals surface area contributed by atoms with Crippen LogP contribution >= 0.6 is 0 Å². The van der Waals surface area contributed by atoms with E-state index in [-0.39, 0.29) is 5.75 Å². The zero-order valence-electron chi connectivity index (χ0n) is 22.7. The van der Waals surface area contributed by atoms with Crippen molar-refractivity contribution in [1.82, 2.24) is 29.4 Å². The summed E-state index contributed by atoms with van der Waals surface area (Å²) in [6.45, 7) is 9.81. The van der Waals surface area contributed by atoms with Gasteiger partial charge in [0, 0.05) is 30.1 Å². The molecule has 0 unspecified atom stereocenters. The third kappa shape index (κ3) is 7.30. The Hall–Kier alpha value is -3.01. The fourth-order valence-electron chi connectivity index (χ4n) is 4.94. The van der Waals surface area contributed by atoms with Crippen LogP contribution in [0, 0.1) is 0 Å². The number of para-hydroxylation sites is 1. The minimum atomic E-state index is -3.50. The number of sulfonamides is 1. The van der Waals surface area contributed by atoms with Gasteiger partial charge in [0.25, 0.3) is 0 Å². The van der Waals surface area contributed by atoms with Crippen molar-refractivity contribution in [3.63, 3.8) is 0 Å². The number of benzene rings is 2. The van der Waals surface area contributed by atoms with Gasteiger partial charge in [-0.05, 0) is 63.0 Å². The molecule has 38 heavy (non-hydrogen) atoms. The quantitative estimate of drug-likeness (QED) is 0.230. The summed E-state index contributed by atoms with van der Waals surface area (Å²) in [6, 6.07) is 17.9. The summed E-state index contributed by atoms with van der Waals surface area (Å²) >= 11 is 0. The second-order valence-electron chi connectivity index (χ2n) is 9.67. The fraction of sp³-hybridized carbons (Fsp3) is 0.448. The largest absolute Gasteiger partial charge is 0.347 e. The lowest BCUT2D eigenvalue weighted by atomic mass is 10.1. The van der Waals surface area contributed by atoms with Gasteiger partial charge in [0.15, 0.2) is 5.82 Å². The number of hydrogen-bond donors (Lipinski definition) is 2. The molecule has 0 spiro atoms. The van der Waals surface area contributed by atoms with Crippen LogP contribution in [-0.2, 0) is 29.4 Å². The van der Waals surface area contributed by atoms with Crippen molar-refractivity contribution < 1.29 is 8.42 Å². The Labute approximate surface area is 226 Å². The molecule has 4 rings (SSSR count). The maximum atomic E-state index is 13.1. The van der Waals surface area contributed by atoms with Gasteiger partial charge >= 0.3 is 0 Å². The van der Waals surface area contributed by atoms with Crippen molar-refractivity contribution in [3.8, 4) is 0 Å². The molecule has 0 amide bonds. The molecule has 1 atom stereocenters. The molecule has 2 N–H and O–H groups in total. The summed E-state index contributed by atoms with van der Waals surface area (Å²) in [5.74, 6) is 1.30. The number of nitrogens with one attached hydrogen (secondary N) is 2. The summed E-state index contributed by atoms with van der Waals surface area (Å²) in [5, 5.41) is 8.74. The average Bonchev–Trinajstić information content (AvgIpc) is 3.54. The van der Waals surface area contributed by atoms with E-state index in [0.717, 1.165) is 44.0 Å². The normalized spacial score (nSPS) is 12.9. The van der Waals surface area contributed by atoms with E-state index in [1.54, 1.807) is 0 Å². The number of aromatic nitrogens is 4. The summed E-state index contributed by atoms with van der Waals surface area (Å²) in [5.41, 5.74) is 3.52. The van der Waals surface area contributed by atoms with Crippen LogP contribution in [0.25, 0.3) is 10.9 Å². The molecule has 0 radical (unpaired) electrons. The number of hydrogen-bond acceptors (Lipinski definition) is 5. The first-order valence-electron chi connectivity index (χ1n) is 13.7. The number of aromatic amines is 1. The third-order valence-electron chi connectivity index (χ3n) is 7.10. The number of H-pyrrole nitrogens is 1. The molecule has 9 heteroatoms. The van der Waals surface area contributed by atoms with Crippen LogP contribution in [0.5, 0.6) is 0 Å². The lowest BCUT2D eigenvalue weighted by Gasteiger charge is -2.19. The van der Waals surface area contributed by atoms with E-state index in [1.807, 2.05) is 24.3 Å². The van der Waals surface area contributed by atoms with Crippen molar-refractivity contribution in [3.05, 3.63) is 83.6 Å².